The molecular weight excluding hydrogens is 259 g/mol. The molecule has 2 N–H and O–H groups in total. The summed E-state index contributed by atoms with van der Waals surface area (Å²) in [5.74, 6) is -0.410. The number of phenols is 1. The molecule has 0 aliphatic rings. The van der Waals surface area contributed by atoms with Crippen LogP contribution in [-0.2, 0) is 0 Å². The van der Waals surface area contributed by atoms with Crippen molar-refractivity contribution in [2.75, 3.05) is 0 Å². The Morgan fingerprint density at radius 1 is 1.25 bits per heavy atom. The highest BCUT2D eigenvalue weighted by Crippen LogP contribution is 2.33. The van der Waals surface area contributed by atoms with Crippen molar-refractivity contribution in [3.63, 3.8) is 0 Å². The fourth-order valence-corrected chi connectivity index (χ4v) is 2.32. The van der Waals surface area contributed by atoms with Gasteiger partial charge in [0.25, 0.3) is 5.56 Å². The number of aromatic amines is 1. The average molecular weight is 270 g/mol. The summed E-state index contributed by atoms with van der Waals surface area (Å²) in [5.41, 5.74) is 2.04. The molecule has 0 bridgehead atoms. The van der Waals surface area contributed by atoms with Crippen molar-refractivity contribution in [2.45, 2.75) is 6.92 Å². The van der Waals surface area contributed by atoms with E-state index in [4.69, 9.17) is 0 Å². The molecule has 1 heterocycles. The topological polar surface area (TPSA) is 66.0 Å². The van der Waals surface area contributed by atoms with Crippen LogP contribution < -0.4 is 5.56 Å². The second-order valence-electron chi connectivity index (χ2n) is 4.53. The van der Waals surface area contributed by atoms with Gasteiger partial charge in [0.15, 0.2) is 0 Å². The third-order valence-electron chi connectivity index (χ3n) is 3.31. The lowest BCUT2D eigenvalue weighted by molar-refractivity contribution is 0.480. The van der Waals surface area contributed by atoms with Crippen molar-refractivity contribution in [1.29, 1.82) is 0 Å². The first-order valence-electron chi connectivity index (χ1n) is 6.04. The minimum atomic E-state index is -0.337. The van der Waals surface area contributed by atoms with Crippen LogP contribution in [0, 0.1) is 12.7 Å². The Kier molecular flexibility index (Phi) is 2.75. The Morgan fingerprint density at radius 2 is 1.95 bits per heavy atom. The van der Waals surface area contributed by atoms with Crippen LogP contribution in [0.5, 0.6) is 5.75 Å². The summed E-state index contributed by atoms with van der Waals surface area (Å²) in [6.45, 7) is 1.78. The molecule has 0 aliphatic heterocycles. The van der Waals surface area contributed by atoms with E-state index in [1.165, 1.54) is 24.5 Å². The molecule has 4 nitrogen and oxygen atoms in total. The molecule has 20 heavy (non-hydrogen) atoms. The van der Waals surface area contributed by atoms with Crippen molar-refractivity contribution in [1.82, 2.24) is 9.97 Å². The minimum absolute atomic E-state index is 0.0731. The molecular formula is C15H11FN2O2. The van der Waals surface area contributed by atoms with Gasteiger partial charge in [0, 0.05) is 0 Å². The largest absolute Gasteiger partial charge is 0.506 e. The summed E-state index contributed by atoms with van der Waals surface area (Å²) in [4.78, 5) is 18.4. The molecule has 0 fully saturated rings. The van der Waals surface area contributed by atoms with Gasteiger partial charge in [0.2, 0.25) is 0 Å². The second-order valence-corrected chi connectivity index (χ2v) is 4.53. The molecule has 0 saturated carbocycles. The summed E-state index contributed by atoms with van der Waals surface area (Å²) in [5, 5.41) is 10.4. The van der Waals surface area contributed by atoms with Crippen molar-refractivity contribution < 1.29 is 9.50 Å². The molecule has 5 heteroatoms. The van der Waals surface area contributed by atoms with Crippen LogP contribution >= 0.6 is 0 Å². The van der Waals surface area contributed by atoms with Crippen LogP contribution in [0.25, 0.3) is 22.0 Å². The van der Waals surface area contributed by atoms with E-state index in [2.05, 4.69) is 9.97 Å². The predicted octanol–water partition coefficient (Wildman–Crippen LogP) is 2.74. The standard InChI is InChI=1S/C15H11FN2O2/c1-8-11(9-2-4-10(16)5-3-9)6-12(19)14-13(8)15(20)18-7-17-14/h2-7,19H,1H3,(H,17,18,20). The molecule has 3 rings (SSSR count). The fourth-order valence-electron chi connectivity index (χ4n) is 2.32. The number of H-pyrrole nitrogens is 1. The number of hydrogen-bond donors (Lipinski definition) is 2. The van der Waals surface area contributed by atoms with E-state index in [9.17, 15) is 14.3 Å². The van der Waals surface area contributed by atoms with Crippen molar-refractivity contribution in [3.8, 4) is 16.9 Å². The van der Waals surface area contributed by atoms with Gasteiger partial charge in [-0.25, -0.2) is 9.37 Å². The quantitative estimate of drug-likeness (QED) is 0.714. The third-order valence-corrected chi connectivity index (χ3v) is 3.31. The number of rotatable bonds is 1. The van der Waals surface area contributed by atoms with E-state index in [1.54, 1.807) is 19.1 Å². The molecule has 3 aromatic rings. The SMILES string of the molecule is Cc1c(-c2ccc(F)cc2)cc(O)c2nc[nH]c(=O)c12. The van der Waals surface area contributed by atoms with Crippen LogP contribution in [0.3, 0.4) is 0 Å². The average Bonchev–Trinajstić information content (AvgIpc) is 2.44. The van der Waals surface area contributed by atoms with Gasteiger partial charge in [0.05, 0.1) is 11.7 Å². The summed E-state index contributed by atoms with van der Waals surface area (Å²) in [6.07, 6.45) is 1.25. The Hall–Kier alpha value is -2.69. The van der Waals surface area contributed by atoms with Crippen molar-refractivity contribution >= 4 is 10.9 Å². The number of halogens is 1. The number of benzene rings is 2. The van der Waals surface area contributed by atoms with Gasteiger partial charge in [-0.3, -0.25) is 4.79 Å². The first-order valence-corrected chi connectivity index (χ1v) is 6.04. The molecule has 0 aliphatic carbocycles. The van der Waals surface area contributed by atoms with Crippen molar-refractivity contribution in [3.05, 3.63) is 58.4 Å². The van der Waals surface area contributed by atoms with Gasteiger partial charge in [0.1, 0.15) is 17.1 Å². The van der Waals surface area contributed by atoms with E-state index in [0.717, 1.165) is 5.56 Å². The summed E-state index contributed by atoms with van der Waals surface area (Å²) in [6, 6.07) is 7.42. The molecule has 0 saturated heterocycles. The number of hydrogen-bond acceptors (Lipinski definition) is 3. The number of phenolic OH excluding ortho intramolecular Hbond substituents is 1. The Bertz CT molecular complexity index is 854. The van der Waals surface area contributed by atoms with Gasteiger partial charge in [-0.05, 0) is 41.8 Å². The smallest absolute Gasteiger partial charge is 0.258 e. The first kappa shape index (κ1) is 12.3. The molecule has 0 radical (unpaired) electrons. The van der Waals surface area contributed by atoms with Gasteiger partial charge in [-0.1, -0.05) is 12.1 Å². The van der Waals surface area contributed by atoms with E-state index >= 15 is 0 Å². The molecule has 2 aromatic carbocycles. The summed E-state index contributed by atoms with van der Waals surface area (Å²) in [7, 11) is 0. The third kappa shape index (κ3) is 1.84. The predicted molar refractivity (Wildman–Crippen MR) is 74.2 cm³/mol. The lowest BCUT2D eigenvalue weighted by atomic mass is 9.97. The number of aromatic hydroxyl groups is 1. The molecule has 0 atom stereocenters. The number of nitrogens with zero attached hydrogens (tertiary/aromatic N) is 1. The lowest BCUT2D eigenvalue weighted by Crippen LogP contribution is -2.08. The van der Waals surface area contributed by atoms with E-state index in [0.29, 0.717) is 16.5 Å². The number of fused-ring (bicyclic) bond motifs is 1. The zero-order valence-corrected chi connectivity index (χ0v) is 10.6. The number of aromatic nitrogens is 2. The van der Waals surface area contributed by atoms with Crippen LogP contribution in [0.15, 0.2) is 41.5 Å². The monoisotopic (exact) mass is 270 g/mol. The molecule has 0 unspecified atom stereocenters. The normalized spacial score (nSPS) is 10.9. The van der Waals surface area contributed by atoms with Gasteiger partial charge in [-0.15, -0.1) is 0 Å². The highest BCUT2D eigenvalue weighted by molar-refractivity contribution is 5.92. The summed E-state index contributed by atoms with van der Waals surface area (Å²) < 4.78 is 13.0. The maximum atomic E-state index is 13.0. The first-order chi connectivity index (χ1) is 9.58. The zero-order chi connectivity index (χ0) is 14.3. The van der Waals surface area contributed by atoms with Gasteiger partial charge in [-0.2, -0.15) is 0 Å². The summed E-state index contributed by atoms with van der Waals surface area (Å²) >= 11 is 0. The lowest BCUT2D eigenvalue weighted by Gasteiger charge is -2.10. The molecule has 100 valence electrons. The molecule has 0 amide bonds. The van der Waals surface area contributed by atoms with E-state index in [-0.39, 0.29) is 22.6 Å². The minimum Gasteiger partial charge on any atom is -0.506 e. The van der Waals surface area contributed by atoms with Crippen LogP contribution in [0.4, 0.5) is 4.39 Å². The van der Waals surface area contributed by atoms with Crippen LogP contribution in [0.2, 0.25) is 0 Å². The molecule has 0 spiro atoms. The molecule has 1 aromatic heterocycles. The van der Waals surface area contributed by atoms with Crippen LogP contribution in [0.1, 0.15) is 5.56 Å². The number of aryl methyl sites for hydroxylation is 1. The Morgan fingerprint density at radius 3 is 2.65 bits per heavy atom. The van der Waals surface area contributed by atoms with Gasteiger partial charge >= 0.3 is 0 Å². The van der Waals surface area contributed by atoms with Crippen LogP contribution in [-0.4, -0.2) is 15.1 Å². The maximum Gasteiger partial charge on any atom is 0.258 e. The highest BCUT2D eigenvalue weighted by atomic mass is 19.1. The van der Waals surface area contributed by atoms with E-state index in [1.807, 2.05) is 0 Å². The van der Waals surface area contributed by atoms with E-state index < -0.39 is 0 Å². The Labute approximate surface area is 113 Å². The Balaban J connectivity index is 2.38. The maximum absolute atomic E-state index is 13.0. The second kappa shape index (κ2) is 4.45. The van der Waals surface area contributed by atoms with Crippen molar-refractivity contribution in [2.24, 2.45) is 0 Å². The fraction of sp³-hybridized carbons (Fsp3) is 0.0667. The number of nitrogens with one attached hydrogen (secondary N) is 1. The van der Waals surface area contributed by atoms with Gasteiger partial charge < -0.3 is 10.1 Å². The zero-order valence-electron chi connectivity index (χ0n) is 10.6. The highest BCUT2D eigenvalue weighted by Gasteiger charge is 2.13.